The number of benzene rings is 2. The largest absolute Gasteiger partial charge is 0.324 e. The van der Waals surface area contributed by atoms with E-state index in [0.29, 0.717) is 22.5 Å². The molecule has 1 aliphatic rings. The molecule has 0 aliphatic carbocycles. The van der Waals surface area contributed by atoms with Gasteiger partial charge in [0.15, 0.2) is 5.65 Å². The SMILES string of the molecule is O=S(=O)(c1cccc2cccnc12)n1ccc2cnc(Nc3ccc(CN4CCCC4)cc3)nc21. The number of nitrogens with zero attached hydrogens (tertiary/aromatic N) is 5. The molecule has 0 saturated carbocycles. The fourth-order valence-corrected chi connectivity index (χ4v) is 6.03. The van der Waals surface area contributed by atoms with Crippen LogP contribution in [0.25, 0.3) is 21.9 Å². The number of hydrogen-bond acceptors (Lipinski definition) is 7. The molecule has 8 nitrogen and oxygen atoms in total. The number of aromatic nitrogens is 4. The molecule has 0 amide bonds. The predicted molar refractivity (Wildman–Crippen MR) is 136 cm³/mol. The second kappa shape index (κ2) is 8.75. The zero-order chi connectivity index (χ0) is 23.8. The molecule has 5 aromatic rings. The van der Waals surface area contributed by atoms with Gasteiger partial charge in [-0.3, -0.25) is 9.88 Å². The molecule has 4 heterocycles. The summed E-state index contributed by atoms with van der Waals surface area (Å²) in [6, 6.07) is 18.6. The van der Waals surface area contributed by atoms with E-state index < -0.39 is 10.0 Å². The van der Waals surface area contributed by atoms with Crippen LogP contribution in [-0.2, 0) is 16.6 Å². The molecule has 1 saturated heterocycles. The average Bonchev–Trinajstić information content (AvgIpc) is 3.55. The van der Waals surface area contributed by atoms with Gasteiger partial charge >= 0.3 is 0 Å². The van der Waals surface area contributed by atoms with Gasteiger partial charge in [0.1, 0.15) is 4.90 Å². The predicted octanol–water partition coefficient (Wildman–Crippen LogP) is 4.56. The minimum Gasteiger partial charge on any atom is -0.324 e. The summed E-state index contributed by atoms with van der Waals surface area (Å²) in [4.78, 5) is 15.8. The van der Waals surface area contributed by atoms with E-state index in [1.165, 1.54) is 28.6 Å². The van der Waals surface area contributed by atoms with Gasteiger partial charge in [-0.2, -0.15) is 4.98 Å². The molecule has 3 aromatic heterocycles. The van der Waals surface area contributed by atoms with Gasteiger partial charge in [0, 0.05) is 41.6 Å². The third kappa shape index (κ3) is 4.13. The minimum absolute atomic E-state index is 0.134. The summed E-state index contributed by atoms with van der Waals surface area (Å²) in [7, 11) is -3.92. The van der Waals surface area contributed by atoms with Crippen molar-refractivity contribution in [2.24, 2.45) is 0 Å². The van der Waals surface area contributed by atoms with Crippen LogP contribution in [0.5, 0.6) is 0 Å². The Morgan fingerprint density at radius 3 is 2.51 bits per heavy atom. The first kappa shape index (κ1) is 21.7. The first-order valence-corrected chi connectivity index (χ1v) is 13.0. The smallest absolute Gasteiger partial charge is 0.271 e. The van der Waals surface area contributed by atoms with Gasteiger partial charge < -0.3 is 5.32 Å². The Hall–Kier alpha value is -3.82. The lowest BCUT2D eigenvalue weighted by Gasteiger charge is -2.14. The Morgan fingerprint density at radius 2 is 1.69 bits per heavy atom. The second-order valence-corrected chi connectivity index (χ2v) is 10.5. The lowest BCUT2D eigenvalue weighted by atomic mass is 10.2. The van der Waals surface area contributed by atoms with Crippen LogP contribution in [0.1, 0.15) is 18.4 Å². The van der Waals surface area contributed by atoms with Crippen molar-refractivity contribution in [2.75, 3.05) is 18.4 Å². The quantitative estimate of drug-likeness (QED) is 0.378. The van der Waals surface area contributed by atoms with Crippen LogP contribution in [0.4, 0.5) is 11.6 Å². The Kier molecular flexibility index (Phi) is 5.43. The van der Waals surface area contributed by atoms with Crippen LogP contribution in [0, 0.1) is 0 Å². The van der Waals surface area contributed by atoms with Crippen molar-refractivity contribution >= 4 is 43.6 Å². The summed E-state index contributed by atoms with van der Waals surface area (Å²) in [6.45, 7) is 3.27. The van der Waals surface area contributed by atoms with E-state index >= 15 is 0 Å². The molecule has 176 valence electrons. The van der Waals surface area contributed by atoms with Crippen LogP contribution in [0.15, 0.2) is 84.1 Å². The van der Waals surface area contributed by atoms with Gasteiger partial charge in [-0.1, -0.05) is 30.3 Å². The van der Waals surface area contributed by atoms with E-state index in [-0.39, 0.29) is 4.90 Å². The normalized spacial score (nSPS) is 14.6. The molecule has 35 heavy (non-hydrogen) atoms. The van der Waals surface area contributed by atoms with Gasteiger partial charge in [0.2, 0.25) is 5.95 Å². The number of rotatable bonds is 6. The van der Waals surface area contributed by atoms with Gasteiger partial charge in [-0.05, 0) is 61.8 Å². The molecule has 0 atom stereocenters. The molecule has 0 radical (unpaired) electrons. The minimum atomic E-state index is -3.92. The molecule has 0 unspecified atom stereocenters. The van der Waals surface area contributed by atoms with E-state index in [0.717, 1.165) is 30.7 Å². The van der Waals surface area contributed by atoms with Gasteiger partial charge in [-0.15, -0.1) is 0 Å². The van der Waals surface area contributed by atoms with Crippen molar-refractivity contribution in [1.29, 1.82) is 0 Å². The molecule has 0 bridgehead atoms. The Balaban J connectivity index is 1.31. The molecular weight excluding hydrogens is 460 g/mol. The lowest BCUT2D eigenvalue weighted by Crippen LogP contribution is -2.18. The molecule has 2 aromatic carbocycles. The van der Waals surface area contributed by atoms with Crippen LogP contribution >= 0.6 is 0 Å². The summed E-state index contributed by atoms with van der Waals surface area (Å²) in [6.07, 6.45) is 7.27. The number of fused-ring (bicyclic) bond motifs is 2. The zero-order valence-corrected chi connectivity index (χ0v) is 19.8. The zero-order valence-electron chi connectivity index (χ0n) is 19.0. The van der Waals surface area contributed by atoms with Crippen molar-refractivity contribution in [3.05, 3.63) is 84.8 Å². The first-order valence-electron chi connectivity index (χ1n) is 11.6. The third-order valence-corrected chi connectivity index (χ3v) is 8.04. The molecule has 1 N–H and O–H groups in total. The van der Waals surface area contributed by atoms with Crippen LogP contribution in [-0.4, -0.2) is 45.3 Å². The second-order valence-electron chi connectivity index (χ2n) is 8.73. The average molecular weight is 485 g/mol. The van der Waals surface area contributed by atoms with Crippen LogP contribution in [0.2, 0.25) is 0 Å². The van der Waals surface area contributed by atoms with Crippen molar-refractivity contribution < 1.29 is 8.42 Å². The number of likely N-dealkylation sites (tertiary alicyclic amines) is 1. The summed E-state index contributed by atoms with van der Waals surface area (Å²) >= 11 is 0. The molecule has 1 fully saturated rings. The van der Waals surface area contributed by atoms with E-state index in [4.69, 9.17) is 0 Å². The molecule has 0 spiro atoms. The van der Waals surface area contributed by atoms with Gasteiger partial charge in [-0.25, -0.2) is 17.4 Å². The summed E-state index contributed by atoms with van der Waals surface area (Å²) in [5, 5.41) is 4.59. The van der Waals surface area contributed by atoms with Crippen molar-refractivity contribution in [3.8, 4) is 0 Å². The highest BCUT2D eigenvalue weighted by molar-refractivity contribution is 7.90. The van der Waals surface area contributed by atoms with E-state index in [2.05, 4.69) is 37.3 Å². The molecule has 9 heteroatoms. The van der Waals surface area contributed by atoms with E-state index in [9.17, 15) is 8.42 Å². The topological polar surface area (TPSA) is 93.0 Å². The van der Waals surface area contributed by atoms with Gasteiger partial charge in [0.05, 0.1) is 5.52 Å². The number of nitrogens with one attached hydrogen (secondary N) is 1. The maximum atomic E-state index is 13.6. The summed E-state index contributed by atoms with van der Waals surface area (Å²) in [5.41, 5.74) is 2.84. The van der Waals surface area contributed by atoms with Crippen molar-refractivity contribution in [2.45, 2.75) is 24.3 Å². The lowest BCUT2D eigenvalue weighted by molar-refractivity contribution is 0.331. The van der Waals surface area contributed by atoms with Crippen LogP contribution in [0.3, 0.4) is 0 Å². The van der Waals surface area contributed by atoms with E-state index in [1.54, 1.807) is 36.7 Å². The van der Waals surface area contributed by atoms with Gasteiger partial charge in [0.25, 0.3) is 10.0 Å². The number of anilines is 2. The van der Waals surface area contributed by atoms with Crippen molar-refractivity contribution in [1.82, 2.24) is 23.8 Å². The van der Waals surface area contributed by atoms with Crippen molar-refractivity contribution in [3.63, 3.8) is 0 Å². The highest BCUT2D eigenvalue weighted by Gasteiger charge is 2.23. The maximum Gasteiger partial charge on any atom is 0.271 e. The standard InChI is InChI=1S/C26H24N6O2S/c33-35(34,23-7-3-5-20-6-4-13-27-24(20)23)32-16-12-21-17-28-26(30-25(21)32)29-22-10-8-19(9-11-22)18-31-14-1-2-15-31/h3-13,16-17H,1-2,14-15,18H2,(H,28,29,30). The summed E-state index contributed by atoms with van der Waals surface area (Å²) in [5.74, 6) is 0.330. The summed E-state index contributed by atoms with van der Waals surface area (Å²) < 4.78 is 28.4. The third-order valence-electron chi connectivity index (χ3n) is 6.34. The first-order chi connectivity index (χ1) is 17.1. The maximum absolute atomic E-state index is 13.6. The number of hydrogen-bond donors (Lipinski definition) is 1. The number of pyridine rings is 1. The Morgan fingerprint density at radius 1 is 0.886 bits per heavy atom. The highest BCUT2D eigenvalue weighted by Crippen LogP contribution is 2.26. The Bertz CT molecular complexity index is 1620. The monoisotopic (exact) mass is 484 g/mol. The highest BCUT2D eigenvalue weighted by atomic mass is 32.2. The van der Waals surface area contributed by atoms with Crippen LogP contribution < -0.4 is 5.32 Å². The Labute approximate surface area is 203 Å². The molecule has 1 aliphatic heterocycles. The fraction of sp³-hybridized carbons (Fsp3) is 0.192. The fourth-order valence-electron chi connectivity index (χ4n) is 4.56. The molecule has 6 rings (SSSR count). The number of para-hydroxylation sites is 1. The molecular formula is C26H24N6O2S. The van der Waals surface area contributed by atoms with E-state index in [1.807, 2.05) is 24.3 Å².